The van der Waals surface area contributed by atoms with Crippen molar-refractivity contribution in [1.82, 2.24) is 10.2 Å². The molecule has 0 spiro atoms. The maximum absolute atomic E-state index is 15.1. The molecule has 1 aromatic carbocycles. The van der Waals surface area contributed by atoms with E-state index in [-0.39, 0.29) is 41.1 Å². The van der Waals surface area contributed by atoms with E-state index in [9.17, 15) is 23.2 Å². The van der Waals surface area contributed by atoms with Crippen LogP contribution in [0.5, 0.6) is 0 Å². The lowest BCUT2D eigenvalue weighted by molar-refractivity contribution is -0.128. The van der Waals surface area contributed by atoms with Crippen LogP contribution in [0.1, 0.15) is 24.5 Å². The Bertz CT molecular complexity index is 1210. The smallest absolute Gasteiger partial charge is 0.394 e. The van der Waals surface area contributed by atoms with Crippen LogP contribution >= 0.6 is 0 Å². The Morgan fingerprint density at radius 3 is 2.56 bits per heavy atom. The summed E-state index contributed by atoms with van der Waals surface area (Å²) in [6.07, 6.45) is -3.65. The van der Waals surface area contributed by atoms with Gasteiger partial charge >= 0.3 is 6.18 Å². The molecule has 13 heteroatoms. The van der Waals surface area contributed by atoms with Gasteiger partial charge in [0.15, 0.2) is 0 Å². The van der Waals surface area contributed by atoms with Crippen LogP contribution in [0.25, 0.3) is 5.57 Å². The number of hydrogen-bond acceptors (Lipinski definition) is 7. The van der Waals surface area contributed by atoms with E-state index in [1.54, 1.807) is 11.0 Å². The van der Waals surface area contributed by atoms with Gasteiger partial charge in [-0.05, 0) is 12.1 Å². The SMILES string of the molecule is CN=CC(=C(N)C(F)(F)F)c1cc(F)c(N=C(N)C2=C(NC3COC3)CCN(C(C)=O)C2)cc1C#N. The monoisotopic (exact) mass is 507 g/mol. The summed E-state index contributed by atoms with van der Waals surface area (Å²) in [5.41, 5.74) is 9.45. The third-order valence-corrected chi connectivity index (χ3v) is 5.71. The molecule has 1 aromatic rings. The molecule has 192 valence electrons. The largest absolute Gasteiger partial charge is 0.431 e. The molecule has 3 rings (SSSR count). The highest BCUT2D eigenvalue weighted by atomic mass is 19.4. The number of allylic oxidation sites excluding steroid dienone is 2. The fourth-order valence-corrected chi connectivity index (χ4v) is 3.72. The lowest BCUT2D eigenvalue weighted by atomic mass is 9.98. The van der Waals surface area contributed by atoms with Gasteiger partial charge in [0, 0.05) is 55.6 Å². The Hall–Kier alpha value is -3.92. The van der Waals surface area contributed by atoms with Gasteiger partial charge in [-0.1, -0.05) is 0 Å². The number of alkyl halides is 3. The van der Waals surface area contributed by atoms with Gasteiger partial charge in [-0.25, -0.2) is 9.38 Å². The molecule has 1 amide bonds. The van der Waals surface area contributed by atoms with Crippen molar-refractivity contribution in [2.75, 3.05) is 33.4 Å². The number of nitrogens with zero attached hydrogens (tertiary/aromatic N) is 4. The Morgan fingerprint density at radius 2 is 2.03 bits per heavy atom. The molecule has 0 aromatic heterocycles. The van der Waals surface area contributed by atoms with E-state index < -0.39 is 23.3 Å². The fraction of sp³-hybridized carbons (Fsp3) is 0.391. The summed E-state index contributed by atoms with van der Waals surface area (Å²) in [7, 11) is 1.22. The molecule has 0 atom stereocenters. The summed E-state index contributed by atoms with van der Waals surface area (Å²) in [6.45, 7) is 3.01. The van der Waals surface area contributed by atoms with E-state index >= 15 is 4.39 Å². The van der Waals surface area contributed by atoms with Crippen LogP contribution in [-0.4, -0.2) is 68.4 Å². The van der Waals surface area contributed by atoms with Crippen molar-refractivity contribution in [3.8, 4) is 6.07 Å². The number of carbonyl (C=O) groups excluding carboxylic acids is 1. The van der Waals surface area contributed by atoms with Crippen molar-refractivity contribution in [2.24, 2.45) is 21.5 Å². The molecule has 2 heterocycles. The zero-order valence-electron chi connectivity index (χ0n) is 19.6. The number of amides is 1. The van der Waals surface area contributed by atoms with Gasteiger partial charge in [0.2, 0.25) is 5.91 Å². The van der Waals surface area contributed by atoms with Crippen LogP contribution in [-0.2, 0) is 9.53 Å². The van der Waals surface area contributed by atoms with E-state index in [2.05, 4.69) is 15.3 Å². The first-order chi connectivity index (χ1) is 17.0. The van der Waals surface area contributed by atoms with Gasteiger partial charge in [0.25, 0.3) is 0 Å². The van der Waals surface area contributed by atoms with Crippen LogP contribution in [0.15, 0.2) is 39.1 Å². The average molecular weight is 507 g/mol. The number of hydrogen-bond donors (Lipinski definition) is 3. The zero-order valence-corrected chi connectivity index (χ0v) is 19.6. The van der Waals surface area contributed by atoms with Crippen LogP contribution in [0.3, 0.4) is 0 Å². The minimum absolute atomic E-state index is 0.0671. The number of nitriles is 1. The van der Waals surface area contributed by atoms with Crippen LogP contribution in [0, 0.1) is 17.1 Å². The number of amidine groups is 1. The van der Waals surface area contributed by atoms with Gasteiger partial charge in [0.05, 0.1) is 37.4 Å². The minimum atomic E-state index is -4.92. The second-order valence-electron chi connectivity index (χ2n) is 8.20. The first-order valence-corrected chi connectivity index (χ1v) is 10.9. The number of ether oxygens (including phenoxy) is 1. The predicted molar refractivity (Wildman–Crippen MR) is 126 cm³/mol. The molecule has 2 aliphatic heterocycles. The highest BCUT2D eigenvalue weighted by Gasteiger charge is 2.35. The number of carbonyl (C=O) groups is 1. The Balaban J connectivity index is 2.08. The zero-order chi connectivity index (χ0) is 26.6. The maximum Gasteiger partial charge on any atom is 0.431 e. The highest BCUT2D eigenvalue weighted by molar-refractivity contribution is 6.12. The van der Waals surface area contributed by atoms with Gasteiger partial charge in [-0.15, -0.1) is 0 Å². The van der Waals surface area contributed by atoms with Gasteiger partial charge in [-0.3, -0.25) is 9.79 Å². The topological polar surface area (TPSA) is 142 Å². The fourth-order valence-electron chi connectivity index (χ4n) is 3.72. The summed E-state index contributed by atoms with van der Waals surface area (Å²) in [6, 6.07) is 3.54. The molecular weight excluding hydrogens is 482 g/mol. The molecule has 0 unspecified atom stereocenters. The van der Waals surface area contributed by atoms with Gasteiger partial charge in [0.1, 0.15) is 23.0 Å². The summed E-state index contributed by atoms with van der Waals surface area (Å²) in [5.74, 6) is -1.29. The van der Waals surface area contributed by atoms with Crippen molar-refractivity contribution < 1.29 is 27.1 Å². The predicted octanol–water partition coefficient (Wildman–Crippen LogP) is 2.11. The van der Waals surface area contributed by atoms with Gasteiger partial charge < -0.3 is 26.4 Å². The quantitative estimate of drug-likeness (QED) is 0.306. The van der Waals surface area contributed by atoms with Gasteiger partial charge in [-0.2, -0.15) is 18.4 Å². The van der Waals surface area contributed by atoms with E-state index in [4.69, 9.17) is 16.2 Å². The van der Waals surface area contributed by atoms with Crippen LogP contribution < -0.4 is 16.8 Å². The molecule has 36 heavy (non-hydrogen) atoms. The molecule has 0 bridgehead atoms. The van der Waals surface area contributed by atoms with E-state index in [0.717, 1.165) is 24.0 Å². The Morgan fingerprint density at radius 1 is 1.33 bits per heavy atom. The van der Waals surface area contributed by atoms with E-state index in [1.165, 1.54) is 14.0 Å². The molecule has 0 aliphatic carbocycles. The van der Waals surface area contributed by atoms with Crippen molar-refractivity contribution in [3.05, 3.63) is 46.0 Å². The lowest BCUT2D eigenvalue weighted by Gasteiger charge is -2.35. The molecule has 5 N–H and O–H groups in total. The van der Waals surface area contributed by atoms with Crippen LogP contribution in [0.2, 0.25) is 0 Å². The Labute approximate surface area is 204 Å². The molecule has 2 aliphatic rings. The number of nitrogens with one attached hydrogen (secondary N) is 1. The molecular formula is C23H25F4N7O2. The normalized spacial score (nSPS) is 18.1. The number of benzene rings is 1. The highest BCUT2D eigenvalue weighted by Crippen LogP contribution is 2.33. The van der Waals surface area contributed by atoms with Crippen molar-refractivity contribution in [2.45, 2.75) is 25.6 Å². The third kappa shape index (κ3) is 5.83. The lowest BCUT2D eigenvalue weighted by Crippen LogP contribution is -2.49. The summed E-state index contributed by atoms with van der Waals surface area (Å²) >= 11 is 0. The number of halogens is 4. The molecule has 1 saturated heterocycles. The second-order valence-corrected chi connectivity index (χ2v) is 8.20. The average Bonchev–Trinajstić information content (AvgIpc) is 2.79. The molecule has 9 nitrogen and oxygen atoms in total. The second kappa shape index (κ2) is 10.8. The van der Waals surface area contributed by atoms with E-state index in [1.807, 2.05) is 0 Å². The number of aliphatic imine (C=N–C) groups is 2. The first-order valence-electron chi connectivity index (χ1n) is 10.9. The van der Waals surface area contributed by atoms with E-state index in [0.29, 0.717) is 31.8 Å². The summed E-state index contributed by atoms with van der Waals surface area (Å²) in [5, 5.41) is 12.9. The van der Waals surface area contributed by atoms with Crippen molar-refractivity contribution >= 4 is 29.2 Å². The third-order valence-electron chi connectivity index (χ3n) is 5.71. The van der Waals surface area contributed by atoms with Crippen LogP contribution in [0.4, 0.5) is 23.2 Å². The number of rotatable bonds is 6. The van der Waals surface area contributed by atoms with Crippen molar-refractivity contribution in [1.29, 1.82) is 5.26 Å². The molecule has 0 radical (unpaired) electrons. The van der Waals surface area contributed by atoms with Crippen molar-refractivity contribution in [3.63, 3.8) is 0 Å². The standard InChI is InChI=1S/C23H25F4N7O2/c1-12(35)34-4-3-19(32-14-10-36-11-14)17(9-34)22(30)33-20-5-13(7-28)15(6-18(20)24)16(8-31-2)21(29)23(25,26)27/h5-6,8,14,32H,3-4,9-11,29H2,1-2H3,(H2,30,33). The summed E-state index contributed by atoms with van der Waals surface area (Å²) < 4.78 is 59.9. The number of nitrogens with two attached hydrogens (primary N) is 2. The first kappa shape index (κ1) is 26.7. The maximum atomic E-state index is 15.1. The molecule has 1 fully saturated rings. The molecule has 0 saturated carbocycles. The Kier molecular flexibility index (Phi) is 7.99. The summed E-state index contributed by atoms with van der Waals surface area (Å²) in [4.78, 5) is 21.2. The minimum Gasteiger partial charge on any atom is -0.394 e.